The van der Waals surface area contributed by atoms with Gasteiger partial charge in [0, 0.05) is 19.1 Å². The van der Waals surface area contributed by atoms with Crippen LogP contribution in [-0.2, 0) is 9.53 Å². The predicted molar refractivity (Wildman–Crippen MR) is 82.8 cm³/mol. The molecule has 4 heteroatoms. The first kappa shape index (κ1) is 17.4. The number of hydrogen-bond acceptors (Lipinski definition) is 3. The second-order valence-corrected chi connectivity index (χ2v) is 5.71. The minimum Gasteiger partial charge on any atom is -0.378 e. The van der Waals surface area contributed by atoms with E-state index in [2.05, 4.69) is 24.5 Å². The lowest BCUT2D eigenvalue weighted by atomic mass is 9.98. The number of rotatable bonds is 10. The van der Waals surface area contributed by atoms with Crippen LogP contribution in [0.15, 0.2) is 0 Å². The average Bonchev–Trinajstić information content (AvgIpc) is 2.48. The van der Waals surface area contributed by atoms with Crippen molar-refractivity contribution in [3.8, 4) is 0 Å². The van der Waals surface area contributed by atoms with Crippen LogP contribution < -0.4 is 10.6 Å². The van der Waals surface area contributed by atoms with E-state index >= 15 is 0 Å². The van der Waals surface area contributed by atoms with Gasteiger partial charge in [0.2, 0.25) is 5.91 Å². The van der Waals surface area contributed by atoms with Gasteiger partial charge in [-0.25, -0.2) is 0 Å². The van der Waals surface area contributed by atoms with Crippen molar-refractivity contribution in [2.75, 3.05) is 26.2 Å². The van der Waals surface area contributed by atoms with E-state index in [9.17, 15) is 4.79 Å². The van der Waals surface area contributed by atoms with E-state index in [0.29, 0.717) is 6.10 Å². The molecule has 2 N–H and O–H groups in total. The van der Waals surface area contributed by atoms with Crippen molar-refractivity contribution in [3.05, 3.63) is 0 Å². The van der Waals surface area contributed by atoms with E-state index in [4.69, 9.17) is 4.74 Å². The number of amides is 1. The highest BCUT2D eigenvalue weighted by Gasteiger charge is 2.15. The highest BCUT2D eigenvalue weighted by Crippen LogP contribution is 2.12. The Hall–Kier alpha value is -0.610. The van der Waals surface area contributed by atoms with Crippen molar-refractivity contribution < 1.29 is 9.53 Å². The highest BCUT2D eigenvalue weighted by molar-refractivity contribution is 5.78. The quantitative estimate of drug-likeness (QED) is 0.606. The van der Waals surface area contributed by atoms with Gasteiger partial charge in [-0.3, -0.25) is 4.79 Å². The van der Waals surface area contributed by atoms with Crippen molar-refractivity contribution in [3.63, 3.8) is 0 Å². The van der Waals surface area contributed by atoms with E-state index in [1.54, 1.807) is 0 Å². The Balaban J connectivity index is 2.02. The van der Waals surface area contributed by atoms with E-state index < -0.39 is 0 Å². The monoisotopic (exact) mass is 284 g/mol. The normalized spacial score (nSPS) is 17.9. The third-order valence-electron chi connectivity index (χ3n) is 4.03. The van der Waals surface area contributed by atoms with Gasteiger partial charge in [0.25, 0.3) is 0 Å². The molecule has 0 aromatic carbocycles. The van der Waals surface area contributed by atoms with Gasteiger partial charge in [-0.05, 0) is 45.2 Å². The molecule has 0 radical (unpaired) electrons. The molecule has 1 rings (SSSR count). The Bertz CT molecular complexity index is 253. The summed E-state index contributed by atoms with van der Waals surface area (Å²) in [6.07, 6.45) is 7.82. The molecule has 1 fully saturated rings. The first-order valence-corrected chi connectivity index (χ1v) is 8.38. The highest BCUT2D eigenvalue weighted by atomic mass is 16.5. The van der Waals surface area contributed by atoms with E-state index in [-0.39, 0.29) is 11.8 Å². The zero-order valence-corrected chi connectivity index (χ0v) is 13.2. The summed E-state index contributed by atoms with van der Waals surface area (Å²) in [6.45, 7) is 7.90. The van der Waals surface area contributed by atoms with Gasteiger partial charge in [-0.15, -0.1) is 0 Å². The van der Waals surface area contributed by atoms with Crippen molar-refractivity contribution in [1.29, 1.82) is 0 Å². The van der Waals surface area contributed by atoms with Crippen LogP contribution in [-0.4, -0.2) is 38.3 Å². The van der Waals surface area contributed by atoms with E-state index in [1.165, 1.54) is 0 Å². The number of unbranched alkanes of at least 4 members (excludes halogenated alkanes) is 1. The molecule has 1 amide bonds. The largest absolute Gasteiger partial charge is 0.378 e. The molecular weight excluding hydrogens is 252 g/mol. The van der Waals surface area contributed by atoms with Gasteiger partial charge in [0.15, 0.2) is 0 Å². The standard InChI is InChI=1S/C16H32N2O2/c1-3-5-7-14(4-2)16(19)18-10-6-13-20-15-8-11-17-12-9-15/h14-15,17H,3-13H2,1-2H3,(H,18,19). The van der Waals surface area contributed by atoms with Crippen molar-refractivity contribution in [2.24, 2.45) is 5.92 Å². The molecule has 1 heterocycles. The molecule has 0 aromatic rings. The molecule has 0 saturated carbocycles. The number of ether oxygens (including phenoxy) is 1. The summed E-state index contributed by atoms with van der Waals surface area (Å²) in [5, 5.41) is 6.38. The Morgan fingerprint density at radius 2 is 2.05 bits per heavy atom. The summed E-state index contributed by atoms with van der Waals surface area (Å²) in [5.41, 5.74) is 0. The fraction of sp³-hybridized carbons (Fsp3) is 0.938. The van der Waals surface area contributed by atoms with Crippen molar-refractivity contribution in [2.45, 2.75) is 64.9 Å². The number of piperidine rings is 1. The maximum absolute atomic E-state index is 12.0. The molecule has 1 unspecified atom stereocenters. The number of nitrogens with one attached hydrogen (secondary N) is 2. The third kappa shape index (κ3) is 7.25. The molecule has 1 aliphatic rings. The molecule has 0 aromatic heterocycles. The van der Waals surface area contributed by atoms with Crippen molar-refractivity contribution >= 4 is 5.91 Å². The Morgan fingerprint density at radius 3 is 2.70 bits per heavy atom. The second kappa shape index (κ2) is 11.1. The van der Waals surface area contributed by atoms with Crippen LogP contribution in [0.5, 0.6) is 0 Å². The van der Waals surface area contributed by atoms with Gasteiger partial charge in [0.05, 0.1) is 6.10 Å². The molecule has 1 aliphatic heterocycles. The zero-order chi connectivity index (χ0) is 14.6. The molecule has 118 valence electrons. The molecule has 1 saturated heterocycles. The van der Waals surface area contributed by atoms with E-state index in [0.717, 1.165) is 71.2 Å². The molecule has 4 nitrogen and oxygen atoms in total. The van der Waals surface area contributed by atoms with Gasteiger partial charge in [-0.1, -0.05) is 26.7 Å². The van der Waals surface area contributed by atoms with Crippen LogP contribution >= 0.6 is 0 Å². The lowest BCUT2D eigenvalue weighted by molar-refractivity contribution is -0.125. The average molecular weight is 284 g/mol. The lowest BCUT2D eigenvalue weighted by Gasteiger charge is -2.23. The molecule has 0 aliphatic carbocycles. The van der Waals surface area contributed by atoms with Gasteiger partial charge >= 0.3 is 0 Å². The number of carbonyl (C=O) groups excluding carboxylic acids is 1. The topological polar surface area (TPSA) is 50.4 Å². The summed E-state index contributed by atoms with van der Waals surface area (Å²) < 4.78 is 5.83. The second-order valence-electron chi connectivity index (χ2n) is 5.71. The molecule has 0 bridgehead atoms. The molecule has 0 spiro atoms. The van der Waals surface area contributed by atoms with Crippen LogP contribution in [0.4, 0.5) is 0 Å². The zero-order valence-electron chi connectivity index (χ0n) is 13.2. The minimum absolute atomic E-state index is 0.195. The summed E-state index contributed by atoms with van der Waals surface area (Å²) in [4.78, 5) is 12.0. The fourth-order valence-electron chi connectivity index (χ4n) is 2.61. The van der Waals surface area contributed by atoms with Crippen LogP contribution in [0.1, 0.15) is 58.8 Å². The predicted octanol–water partition coefficient (Wildman–Crippen LogP) is 2.48. The van der Waals surface area contributed by atoms with Gasteiger partial charge < -0.3 is 15.4 Å². The van der Waals surface area contributed by atoms with Crippen LogP contribution in [0.25, 0.3) is 0 Å². The Morgan fingerprint density at radius 1 is 1.30 bits per heavy atom. The Kier molecular flexibility index (Phi) is 9.67. The fourth-order valence-corrected chi connectivity index (χ4v) is 2.61. The van der Waals surface area contributed by atoms with Crippen LogP contribution in [0.3, 0.4) is 0 Å². The molecular formula is C16H32N2O2. The minimum atomic E-state index is 0.195. The third-order valence-corrected chi connectivity index (χ3v) is 4.03. The molecule has 1 atom stereocenters. The SMILES string of the molecule is CCCCC(CC)C(=O)NCCCOC1CCNCC1. The number of carbonyl (C=O) groups is 1. The first-order chi connectivity index (χ1) is 9.77. The maximum Gasteiger partial charge on any atom is 0.223 e. The lowest BCUT2D eigenvalue weighted by Crippen LogP contribution is -2.34. The maximum atomic E-state index is 12.0. The summed E-state index contributed by atoms with van der Waals surface area (Å²) >= 11 is 0. The van der Waals surface area contributed by atoms with Crippen molar-refractivity contribution in [1.82, 2.24) is 10.6 Å². The van der Waals surface area contributed by atoms with E-state index in [1.807, 2.05) is 0 Å². The van der Waals surface area contributed by atoms with Gasteiger partial charge in [-0.2, -0.15) is 0 Å². The first-order valence-electron chi connectivity index (χ1n) is 8.38. The van der Waals surface area contributed by atoms with Gasteiger partial charge in [0.1, 0.15) is 0 Å². The smallest absolute Gasteiger partial charge is 0.223 e. The Labute approximate surface area is 124 Å². The van der Waals surface area contributed by atoms with Crippen LogP contribution in [0.2, 0.25) is 0 Å². The van der Waals surface area contributed by atoms with Crippen LogP contribution in [0, 0.1) is 5.92 Å². The molecule has 20 heavy (non-hydrogen) atoms. The summed E-state index contributed by atoms with van der Waals surface area (Å²) in [5.74, 6) is 0.420. The number of hydrogen-bond donors (Lipinski definition) is 2. The summed E-state index contributed by atoms with van der Waals surface area (Å²) in [7, 11) is 0. The summed E-state index contributed by atoms with van der Waals surface area (Å²) in [6, 6.07) is 0.